The Hall–Kier alpha value is -1.42. The first kappa shape index (κ1) is 12.6. The van der Waals surface area contributed by atoms with Crippen molar-refractivity contribution in [3.8, 4) is 5.75 Å². The second kappa shape index (κ2) is 6.23. The number of Topliss-reactive ketones (excluding diaryl/α,β-unsaturated/α-hetero) is 1. The van der Waals surface area contributed by atoms with Gasteiger partial charge in [0.25, 0.3) is 0 Å². The molecular formula is C12H16FNO2. The molecule has 0 aromatic heterocycles. The number of carbonyl (C=O) groups is 1. The van der Waals surface area contributed by atoms with Gasteiger partial charge in [-0.3, -0.25) is 4.79 Å². The van der Waals surface area contributed by atoms with Crippen molar-refractivity contribution >= 4 is 5.78 Å². The Morgan fingerprint density at radius 2 is 2.25 bits per heavy atom. The van der Waals surface area contributed by atoms with E-state index in [4.69, 9.17) is 10.5 Å². The summed E-state index contributed by atoms with van der Waals surface area (Å²) < 4.78 is 18.3. The number of rotatable bonds is 6. The summed E-state index contributed by atoms with van der Waals surface area (Å²) in [5.41, 5.74) is 5.70. The summed E-state index contributed by atoms with van der Waals surface area (Å²) >= 11 is 0. The minimum absolute atomic E-state index is 0.00881. The molecule has 0 aliphatic heterocycles. The van der Waals surface area contributed by atoms with Crippen LogP contribution in [0.3, 0.4) is 0 Å². The van der Waals surface area contributed by atoms with E-state index >= 15 is 0 Å². The topological polar surface area (TPSA) is 52.3 Å². The van der Waals surface area contributed by atoms with E-state index in [2.05, 4.69) is 0 Å². The molecule has 2 N–H and O–H groups in total. The zero-order valence-corrected chi connectivity index (χ0v) is 9.33. The zero-order chi connectivity index (χ0) is 12.0. The van der Waals surface area contributed by atoms with Crippen molar-refractivity contribution in [1.29, 1.82) is 0 Å². The van der Waals surface area contributed by atoms with Gasteiger partial charge in [0.15, 0.2) is 0 Å². The van der Waals surface area contributed by atoms with Crippen LogP contribution >= 0.6 is 0 Å². The lowest BCUT2D eigenvalue weighted by atomic mass is 10.1. The standard InChI is InChI=1S/C12H16FNO2/c1-16-11-5-4-9(12(13)8-11)7-10(15)3-2-6-14/h4-5,8H,2-3,6-7,14H2,1H3. The van der Waals surface area contributed by atoms with Crippen LogP contribution in [0.1, 0.15) is 18.4 Å². The Morgan fingerprint density at radius 3 is 2.81 bits per heavy atom. The van der Waals surface area contributed by atoms with Gasteiger partial charge < -0.3 is 10.5 Å². The van der Waals surface area contributed by atoms with Crippen molar-refractivity contribution in [1.82, 2.24) is 0 Å². The number of hydrogen-bond donors (Lipinski definition) is 1. The highest BCUT2D eigenvalue weighted by Gasteiger charge is 2.08. The molecule has 0 atom stereocenters. The van der Waals surface area contributed by atoms with Crippen molar-refractivity contribution in [2.75, 3.05) is 13.7 Å². The fourth-order valence-electron chi connectivity index (χ4n) is 1.40. The molecule has 16 heavy (non-hydrogen) atoms. The maximum atomic E-state index is 13.5. The van der Waals surface area contributed by atoms with Crippen molar-refractivity contribution in [3.63, 3.8) is 0 Å². The molecule has 0 amide bonds. The Balaban J connectivity index is 2.63. The van der Waals surface area contributed by atoms with Crippen LogP contribution in [-0.2, 0) is 11.2 Å². The molecule has 0 fully saturated rings. The summed E-state index contributed by atoms with van der Waals surface area (Å²) in [6, 6.07) is 4.51. The lowest BCUT2D eigenvalue weighted by Gasteiger charge is -2.05. The Morgan fingerprint density at radius 1 is 1.50 bits per heavy atom. The van der Waals surface area contributed by atoms with Crippen LogP contribution in [0.4, 0.5) is 4.39 Å². The van der Waals surface area contributed by atoms with Crippen LogP contribution in [0.5, 0.6) is 5.75 Å². The average molecular weight is 225 g/mol. The predicted octanol–water partition coefficient (Wildman–Crippen LogP) is 1.68. The van der Waals surface area contributed by atoms with E-state index in [1.807, 2.05) is 0 Å². The van der Waals surface area contributed by atoms with Gasteiger partial charge in [-0.1, -0.05) is 6.07 Å². The fraction of sp³-hybridized carbons (Fsp3) is 0.417. The number of methoxy groups -OCH3 is 1. The van der Waals surface area contributed by atoms with Gasteiger partial charge in [0.1, 0.15) is 17.3 Å². The lowest BCUT2D eigenvalue weighted by Crippen LogP contribution is -2.08. The molecule has 0 radical (unpaired) electrons. The highest BCUT2D eigenvalue weighted by Crippen LogP contribution is 2.17. The smallest absolute Gasteiger partial charge is 0.137 e. The van der Waals surface area contributed by atoms with Gasteiger partial charge in [0, 0.05) is 18.9 Å². The number of ketones is 1. The predicted molar refractivity (Wildman–Crippen MR) is 60.0 cm³/mol. The van der Waals surface area contributed by atoms with Gasteiger partial charge in [-0.2, -0.15) is 0 Å². The minimum atomic E-state index is -0.402. The molecule has 1 aromatic rings. The van der Waals surface area contributed by atoms with Crippen LogP contribution in [0.25, 0.3) is 0 Å². The molecular weight excluding hydrogens is 209 g/mol. The minimum Gasteiger partial charge on any atom is -0.497 e. The number of nitrogens with two attached hydrogens (primary N) is 1. The second-order valence-corrected chi connectivity index (χ2v) is 3.57. The first-order valence-corrected chi connectivity index (χ1v) is 5.21. The van der Waals surface area contributed by atoms with E-state index in [9.17, 15) is 9.18 Å². The van der Waals surface area contributed by atoms with Gasteiger partial charge in [-0.15, -0.1) is 0 Å². The molecule has 4 heteroatoms. The van der Waals surface area contributed by atoms with Gasteiger partial charge in [0.2, 0.25) is 0 Å². The van der Waals surface area contributed by atoms with Gasteiger partial charge >= 0.3 is 0 Å². The lowest BCUT2D eigenvalue weighted by molar-refractivity contribution is -0.118. The first-order chi connectivity index (χ1) is 7.67. The third-order valence-corrected chi connectivity index (χ3v) is 2.31. The summed E-state index contributed by atoms with van der Waals surface area (Å²) in [4.78, 5) is 11.4. The van der Waals surface area contributed by atoms with E-state index in [0.717, 1.165) is 0 Å². The Kier molecular flexibility index (Phi) is 4.92. The van der Waals surface area contributed by atoms with Crippen molar-refractivity contribution in [2.24, 2.45) is 5.73 Å². The summed E-state index contributed by atoms with van der Waals surface area (Å²) in [6.45, 7) is 0.483. The molecule has 0 heterocycles. The van der Waals surface area contributed by atoms with Gasteiger partial charge in [0.05, 0.1) is 7.11 Å². The summed E-state index contributed by atoms with van der Waals surface area (Å²) in [5.74, 6) is 0.0608. The number of ether oxygens (including phenoxy) is 1. The molecule has 0 bridgehead atoms. The van der Waals surface area contributed by atoms with E-state index in [0.29, 0.717) is 30.7 Å². The van der Waals surface area contributed by atoms with Crippen molar-refractivity contribution in [3.05, 3.63) is 29.6 Å². The van der Waals surface area contributed by atoms with E-state index in [1.165, 1.54) is 13.2 Å². The van der Waals surface area contributed by atoms with E-state index in [-0.39, 0.29) is 12.2 Å². The van der Waals surface area contributed by atoms with Crippen LogP contribution in [0, 0.1) is 5.82 Å². The maximum Gasteiger partial charge on any atom is 0.137 e. The average Bonchev–Trinajstić information content (AvgIpc) is 2.29. The van der Waals surface area contributed by atoms with Gasteiger partial charge in [-0.05, 0) is 24.6 Å². The summed E-state index contributed by atoms with van der Waals surface area (Å²) in [7, 11) is 1.47. The Bertz CT molecular complexity index is 366. The molecule has 0 saturated carbocycles. The summed E-state index contributed by atoms with van der Waals surface area (Å²) in [5, 5.41) is 0. The molecule has 3 nitrogen and oxygen atoms in total. The molecule has 0 spiro atoms. The van der Waals surface area contributed by atoms with E-state index in [1.54, 1.807) is 12.1 Å². The number of benzene rings is 1. The third kappa shape index (κ3) is 3.62. The monoisotopic (exact) mass is 225 g/mol. The molecule has 1 aromatic carbocycles. The van der Waals surface area contributed by atoms with Crippen molar-refractivity contribution < 1.29 is 13.9 Å². The quantitative estimate of drug-likeness (QED) is 0.801. The first-order valence-electron chi connectivity index (χ1n) is 5.21. The number of hydrogen-bond acceptors (Lipinski definition) is 3. The summed E-state index contributed by atoms with van der Waals surface area (Å²) in [6.07, 6.45) is 1.18. The maximum absolute atomic E-state index is 13.5. The molecule has 0 unspecified atom stereocenters. The molecule has 88 valence electrons. The van der Waals surface area contributed by atoms with Crippen LogP contribution < -0.4 is 10.5 Å². The highest BCUT2D eigenvalue weighted by molar-refractivity contribution is 5.80. The van der Waals surface area contributed by atoms with Crippen LogP contribution in [0.15, 0.2) is 18.2 Å². The Labute approximate surface area is 94.4 Å². The SMILES string of the molecule is COc1ccc(CC(=O)CCCN)c(F)c1. The van der Waals surface area contributed by atoms with E-state index < -0.39 is 5.82 Å². The van der Waals surface area contributed by atoms with Gasteiger partial charge in [-0.25, -0.2) is 4.39 Å². The molecule has 0 aliphatic carbocycles. The molecule has 1 rings (SSSR count). The number of halogens is 1. The van der Waals surface area contributed by atoms with Crippen molar-refractivity contribution in [2.45, 2.75) is 19.3 Å². The fourth-order valence-corrected chi connectivity index (χ4v) is 1.40. The normalized spacial score (nSPS) is 10.2. The zero-order valence-electron chi connectivity index (χ0n) is 9.33. The molecule has 0 saturated heterocycles. The molecule has 0 aliphatic rings. The third-order valence-electron chi connectivity index (χ3n) is 2.31. The highest BCUT2D eigenvalue weighted by atomic mass is 19.1. The second-order valence-electron chi connectivity index (χ2n) is 3.57. The largest absolute Gasteiger partial charge is 0.497 e. The van der Waals surface area contributed by atoms with Crippen LogP contribution in [-0.4, -0.2) is 19.4 Å². The van der Waals surface area contributed by atoms with Crippen LogP contribution in [0.2, 0.25) is 0 Å². The number of carbonyl (C=O) groups excluding carboxylic acids is 1.